The summed E-state index contributed by atoms with van der Waals surface area (Å²) in [5.41, 5.74) is 1.73. The van der Waals surface area contributed by atoms with Gasteiger partial charge in [0.1, 0.15) is 5.84 Å². The van der Waals surface area contributed by atoms with Crippen LogP contribution in [0.2, 0.25) is 0 Å². The number of nitrogens with zero attached hydrogens (tertiary/aromatic N) is 2. The van der Waals surface area contributed by atoms with E-state index in [1.807, 2.05) is 24.3 Å². The van der Waals surface area contributed by atoms with Crippen LogP contribution in [0.15, 0.2) is 46.3 Å². The third kappa shape index (κ3) is 2.62. The van der Waals surface area contributed by atoms with Crippen LogP contribution in [0, 0.1) is 0 Å². The number of benzene rings is 1. The monoisotopic (exact) mass is 255 g/mol. The van der Waals surface area contributed by atoms with Crippen molar-refractivity contribution in [1.29, 1.82) is 0 Å². The highest BCUT2D eigenvalue weighted by Gasteiger charge is 2.07. The molecule has 6 heteroatoms. The van der Waals surface area contributed by atoms with Gasteiger partial charge in [0.15, 0.2) is 0 Å². The Labute approximate surface area is 109 Å². The molecule has 0 unspecified atom stereocenters. The minimum absolute atomic E-state index is 0.182. The van der Waals surface area contributed by atoms with Crippen LogP contribution >= 0.6 is 0 Å². The molecule has 0 atom stereocenters. The average Bonchev–Trinajstić information content (AvgIpc) is 2.94. The number of aromatic amines is 1. The number of aromatic nitrogens is 2. The Hall–Kier alpha value is -2.63. The fourth-order valence-electron chi connectivity index (χ4n) is 1.87. The van der Waals surface area contributed by atoms with Gasteiger partial charge in [-0.1, -0.05) is 0 Å². The van der Waals surface area contributed by atoms with E-state index >= 15 is 0 Å². The van der Waals surface area contributed by atoms with Crippen LogP contribution < -0.4 is 16.2 Å². The zero-order valence-corrected chi connectivity index (χ0v) is 10.2. The Balaban J connectivity index is 1.77. The van der Waals surface area contributed by atoms with E-state index in [2.05, 4.69) is 25.6 Å². The molecule has 3 N–H and O–H groups in total. The molecule has 0 bridgehead atoms. The molecule has 96 valence electrons. The molecule has 1 aromatic heterocycles. The Bertz CT molecular complexity index is 659. The molecule has 3 rings (SSSR count). The number of hydrogen-bond donors (Lipinski definition) is 3. The third-order valence-electron chi connectivity index (χ3n) is 2.77. The first-order valence-corrected chi connectivity index (χ1v) is 6.02. The van der Waals surface area contributed by atoms with Crippen molar-refractivity contribution >= 4 is 17.5 Å². The summed E-state index contributed by atoms with van der Waals surface area (Å²) in [5, 5.41) is 6.25. The molecule has 2 heterocycles. The quantitative estimate of drug-likeness (QED) is 0.760. The van der Waals surface area contributed by atoms with E-state index in [9.17, 15) is 4.79 Å². The molecule has 2 aromatic rings. The number of hydrogen-bond acceptors (Lipinski definition) is 5. The second-order valence-electron chi connectivity index (χ2n) is 4.14. The number of nitrogens with one attached hydrogen (secondary N) is 3. The Kier molecular flexibility index (Phi) is 2.97. The first-order chi connectivity index (χ1) is 9.31. The van der Waals surface area contributed by atoms with Gasteiger partial charge in [0.25, 0.3) is 5.56 Å². The Morgan fingerprint density at radius 3 is 2.68 bits per heavy atom. The van der Waals surface area contributed by atoms with Gasteiger partial charge in [-0.25, -0.2) is 4.98 Å². The van der Waals surface area contributed by atoms with E-state index in [1.54, 1.807) is 0 Å². The van der Waals surface area contributed by atoms with Crippen LogP contribution in [0.4, 0.5) is 11.6 Å². The van der Waals surface area contributed by atoms with Crippen molar-refractivity contribution in [3.8, 4) is 0 Å². The van der Waals surface area contributed by atoms with Crippen LogP contribution in [0.1, 0.15) is 5.56 Å². The van der Waals surface area contributed by atoms with E-state index in [1.165, 1.54) is 12.3 Å². The lowest BCUT2D eigenvalue weighted by atomic mass is 10.2. The van der Waals surface area contributed by atoms with Gasteiger partial charge in [0, 0.05) is 30.1 Å². The van der Waals surface area contributed by atoms with E-state index in [0.717, 1.165) is 30.2 Å². The smallest absolute Gasteiger partial charge is 0.252 e. The fourth-order valence-corrected chi connectivity index (χ4v) is 1.87. The molecule has 19 heavy (non-hydrogen) atoms. The summed E-state index contributed by atoms with van der Waals surface area (Å²) in [5.74, 6) is 1.36. The SMILES string of the molecule is O=c1ccnc(Nc2ccc(C3=NCCN3)cc2)[nH]1. The zero-order chi connectivity index (χ0) is 13.1. The highest BCUT2D eigenvalue weighted by Crippen LogP contribution is 2.13. The van der Waals surface area contributed by atoms with Crippen molar-refractivity contribution in [2.24, 2.45) is 4.99 Å². The summed E-state index contributed by atoms with van der Waals surface area (Å²) < 4.78 is 0. The predicted octanol–water partition coefficient (Wildman–Crippen LogP) is 0.863. The van der Waals surface area contributed by atoms with Gasteiger partial charge < -0.3 is 10.6 Å². The zero-order valence-electron chi connectivity index (χ0n) is 10.2. The first-order valence-electron chi connectivity index (χ1n) is 6.02. The maximum atomic E-state index is 11.1. The number of H-pyrrole nitrogens is 1. The third-order valence-corrected chi connectivity index (χ3v) is 2.77. The predicted molar refractivity (Wildman–Crippen MR) is 74.0 cm³/mol. The van der Waals surface area contributed by atoms with Crippen molar-refractivity contribution in [2.75, 3.05) is 18.4 Å². The summed E-state index contributed by atoms with van der Waals surface area (Å²) >= 11 is 0. The molecule has 0 aliphatic carbocycles. The molecule has 1 aliphatic rings. The second kappa shape index (κ2) is 4.93. The van der Waals surface area contributed by atoms with Gasteiger partial charge in [-0.05, 0) is 24.3 Å². The average molecular weight is 255 g/mol. The Morgan fingerprint density at radius 1 is 1.16 bits per heavy atom. The maximum absolute atomic E-state index is 11.1. The topological polar surface area (TPSA) is 82.2 Å². The fraction of sp³-hybridized carbons (Fsp3) is 0.154. The Morgan fingerprint density at radius 2 is 2.00 bits per heavy atom. The summed E-state index contributed by atoms with van der Waals surface area (Å²) in [4.78, 5) is 22.1. The van der Waals surface area contributed by atoms with Gasteiger partial charge in [0.05, 0.1) is 6.54 Å². The van der Waals surface area contributed by atoms with Crippen LogP contribution in [-0.4, -0.2) is 28.9 Å². The lowest BCUT2D eigenvalue weighted by Crippen LogP contribution is -2.19. The van der Waals surface area contributed by atoms with Crippen molar-refractivity contribution in [2.45, 2.75) is 0 Å². The van der Waals surface area contributed by atoms with Gasteiger partial charge in [-0.2, -0.15) is 0 Å². The van der Waals surface area contributed by atoms with Gasteiger partial charge >= 0.3 is 0 Å². The van der Waals surface area contributed by atoms with E-state index in [-0.39, 0.29) is 5.56 Å². The first kappa shape index (κ1) is 11.5. The lowest BCUT2D eigenvalue weighted by Gasteiger charge is -2.06. The molecule has 0 spiro atoms. The summed E-state index contributed by atoms with van der Waals surface area (Å²) in [6, 6.07) is 9.16. The summed E-state index contributed by atoms with van der Waals surface area (Å²) in [6.07, 6.45) is 1.46. The van der Waals surface area contributed by atoms with Gasteiger partial charge in [-0.15, -0.1) is 0 Å². The molecule has 0 radical (unpaired) electrons. The highest BCUT2D eigenvalue weighted by atomic mass is 16.1. The van der Waals surface area contributed by atoms with Crippen molar-refractivity contribution in [3.63, 3.8) is 0 Å². The lowest BCUT2D eigenvalue weighted by molar-refractivity contribution is 0.960. The molecule has 0 saturated carbocycles. The highest BCUT2D eigenvalue weighted by molar-refractivity contribution is 5.99. The second-order valence-corrected chi connectivity index (χ2v) is 4.14. The van der Waals surface area contributed by atoms with E-state index in [0.29, 0.717) is 5.95 Å². The molecule has 1 aliphatic heterocycles. The minimum Gasteiger partial charge on any atom is -0.368 e. The van der Waals surface area contributed by atoms with Crippen LogP contribution in [0.3, 0.4) is 0 Å². The maximum Gasteiger partial charge on any atom is 0.252 e. The number of rotatable bonds is 3. The minimum atomic E-state index is -0.182. The van der Waals surface area contributed by atoms with E-state index in [4.69, 9.17) is 0 Å². The van der Waals surface area contributed by atoms with Crippen molar-refractivity contribution in [3.05, 3.63) is 52.4 Å². The number of aliphatic imine (C=N–C) groups is 1. The number of anilines is 2. The summed E-state index contributed by atoms with van der Waals surface area (Å²) in [7, 11) is 0. The molecule has 6 nitrogen and oxygen atoms in total. The summed E-state index contributed by atoms with van der Waals surface area (Å²) in [6.45, 7) is 1.72. The van der Waals surface area contributed by atoms with Crippen molar-refractivity contribution in [1.82, 2.24) is 15.3 Å². The molecule has 0 amide bonds. The van der Waals surface area contributed by atoms with Crippen molar-refractivity contribution < 1.29 is 0 Å². The molecule has 0 fully saturated rings. The van der Waals surface area contributed by atoms with Crippen LogP contribution in [0.25, 0.3) is 0 Å². The normalized spacial score (nSPS) is 13.8. The molecular formula is C13H13N5O. The van der Waals surface area contributed by atoms with Crippen LogP contribution in [0.5, 0.6) is 0 Å². The van der Waals surface area contributed by atoms with Gasteiger partial charge in [0.2, 0.25) is 5.95 Å². The van der Waals surface area contributed by atoms with E-state index < -0.39 is 0 Å². The molecule has 1 aromatic carbocycles. The molecule has 0 saturated heterocycles. The van der Waals surface area contributed by atoms with Crippen LogP contribution in [-0.2, 0) is 0 Å². The molecular weight excluding hydrogens is 242 g/mol. The van der Waals surface area contributed by atoms with Gasteiger partial charge in [-0.3, -0.25) is 14.8 Å². The number of amidine groups is 1. The standard InChI is InChI=1S/C13H13N5O/c19-11-5-6-16-13(18-11)17-10-3-1-9(2-4-10)12-14-7-8-15-12/h1-6H,7-8H2,(H,14,15)(H2,16,17,18,19). The largest absolute Gasteiger partial charge is 0.368 e.